The molecule has 1 saturated heterocycles. The van der Waals surface area contributed by atoms with Crippen molar-refractivity contribution in [3.05, 3.63) is 30.5 Å². The molecule has 146 valence electrons. The predicted octanol–water partition coefficient (Wildman–Crippen LogP) is 1.19. The molecule has 0 unspecified atom stereocenters. The number of hydrogen-bond donors (Lipinski definition) is 1. The molecule has 1 aliphatic rings. The summed E-state index contributed by atoms with van der Waals surface area (Å²) in [6, 6.07) is 6.16. The number of sulfonamides is 1. The van der Waals surface area contributed by atoms with Crippen LogP contribution in [0.2, 0.25) is 0 Å². The fourth-order valence-electron chi connectivity index (χ4n) is 2.65. The Balaban J connectivity index is 1.88. The molecule has 2 heterocycles. The molecular formula is C17H23N5O4S. The molecule has 0 bridgehead atoms. The zero-order valence-corrected chi connectivity index (χ0v) is 16.4. The number of nitrogens with one attached hydrogen (secondary N) is 1. The molecule has 1 aliphatic heterocycles. The van der Waals surface area contributed by atoms with E-state index in [4.69, 9.17) is 9.47 Å². The Labute approximate surface area is 159 Å². The minimum atomic E-state index is -3.78. The van der Waals surface area contributed by atoms with Gasteiger partial charge in [-0.1, -0.05) is 0 Å². The highest BCUT2D eigenvalue weighted by Gasteiger charge is 2.21. The summed E-state index contributed by atoms with van der Waals surface area (Å²) >= 11 is 0. The summed E-state index contributed by atoms with van der Waals surface area (Å²) in [5.41, 5.74) is 0.313. The van der Waals surface area contributed by atoms with Crippen LogP contribution in [0.15, 0.2) is 35.4 Å². The molecule has 27 heavy (non-hydrogen) atoms. The van der Waals surface area contributed by atoms with E-state index in [1.165, 1.54) is 25.4 Å². The molecule has 10 heteroatoms. The second-order valence-corrected chi connectivity index (χ2v) is 7.86. The van der Waals surface area contributed by atoms with Gasteiger partial charge in [0.15, 0.2) is 5.82 Å². The van der Waals surface area contributed by atoms with E-state index in [2.05, 4.69) is 14.7 Å². The minimum Gasteiger partial charge on any atom is -0.497 e. The van der Waals surface area contributed by atoms with Gasteiger partial charge in [0.05, 0.1) is 31.4 Å². The van der Waals surface area contributed by atoms with Gasteiger partial charge in [0.2, 0.25) is 5.95 Å². The average molecular weight is 393 g/mol. The highest BCUT2D eigenvalue weighted by Crippen LogP contribution is 2.27. The van der Waals surface area contributed by atoms with Gasteiger partial charge in [0.25, 0.3) is 10.0 Å². The van der Waals surface area contributed by atoms with Crippen molar-refractivity contribution in [2.24, 2.45) is 0 Å². The molecule has 3 rings (SSSR count). The van der Waals surface area contributed by atoms with Gasteiger partial charge >= 0.3 is 0 Å². The monoisotopic (exact) mass is 393 g/mol. The van der Waals surface area contributed by atoms with Gasteiger partial charge in [0, 0.05) is 27.2 Å². The summed E-state index contributed by atoms with van der Waals surface area (Å²) in [7, 11) is 1.35. The van der Waals surface area contributed by atoms with Crippen LogP contribution < -0.4 is 19.3 Å². The van der Waals surface area contributed by atoms with Crippen molar-refractivity contribution in [1.29, 1.82) is 0 Å². The maximum atomic E-state index is 12.7. The first-order chi connectivity index (χ1) is 12.9. The van der Waals surface area contributed by atoms with Gasteiger partial charge in [-0.3, -0.25) is 4.72 Å². The maximum Gasteiger partial charge on any atom is 0.262 e. The van der Waals surface area contributed by atoms with E-state index in [0.29, 0.717) is 49.5 Å². The molecule has 1 aromatic heterocycles. The Kier molecular flexibility index (Phi) is 5.66. The first-order valence-electron chi connectivity index (χ1n) is 8.44. The first-order valence-corrected chi connectivity index (χ1v) is 9.93. The molecule has 0 aliphatic carbocycles. The lowest BCUT2D eigenvalue weighted by Gasteiger charge is -2.28. The molecule has 1 aromatic carbocycles. The van der Waals surface area contributed by atoms with Crippen LogP contribution in [0.4, 0.5) is 17.5 Å². The van der Waals surface area contributed by atoms with Crippen LogP contribution >= 0.6 is 0 Å². The Morgan fingerprint density at radius 2 is 1.85 bits per heavy atom. The summed E-state index contributed by atoms with van der Waals surface area (Å²) in [5, 5.41) is 0. The summed E-state index contributed by atoms with van der Waals surface area (Å²) < 4.78 is 38.4. The fraction of sp³-hybridized carbons (Fsp3) is 0.412. The van der Waals surface area contributed by atoms with E-state index in [-0.39, 0.29) is 4.90 Å². The molecule has 9 nitrogen and oxygen atoms in total. The number of nitrogens with zero attached hydrogens (tertiary/aromatic N) is 4. The van der Waals surface area contributed by atoms with Gasteiger partial charge in [-0.25, -0.2) is 13.4 Å². The summed E-state index contributed by atoms with van der Waals surface area (Å²) in [5.74, 6) is 1.62. The third-order valence-electron chi connectivity index (χ3n) is 4.09. The molecular weight excluding hydrogens is 370 g/mol. The van der Waals surface area contributed by atoms with Gasteiger partial charge < -0.3 is 19.3 Å². The second-order valence-electron chi connectivity index (χ2n) is 6.18. The van der Waals surface area contributed by atoms with Gasteiger partial charge in [0.1, 0.15) is 11.4 Å². The quantitative estimate of drug-likeness (QED) is 0.782. The Bertz CT molecular complexity index is 881. The maximum absolute atomic E-state index is 12.7. The standard InChI is InChI=1S/C17H23N5O4S/c1-21(2)16-15(12-18-17(19-16)22-8-10-26-11-9-22)20-27(23,24)14-6-4-13(25-3)5-7-14/h4-7,12,20H,8-11H2,1-3H3. The van der Waals surface area contributed by atoms with E-state index < -0.39 is 10.0 Å². The topological polar surface area (TPSA) is 96.9 Å². The number of benzene rings is 1. The number of anilines is 3. The van der Waals surface area contributed by atoms with E-state index in [0.717, 1.165) is 0 Å². The number of aromatic nitrogens is 2. The van der Waals surface area contributed by atoms with Crippen molar-refractivity contribution in [2.45, 2.75) is 4.90 Å². The van der Waals surface area contributed by atoms with Crippen molar-refractivity contribution in [3.8, 4) is 5.75 Å². The van der Waals surface area contributed by atoms with Crippen molar-refractivity contribution < 1.29 is 17.9 Å². The normalized spacial score (nSPS) is 14.7. The van der Waals surface area contributed by atoms with Crippen LogP contribution in [0.3, 0.4) is 0 Å². The van der Waals surface area contributed by atoms with Crippen LogP contribution in [0, 0.1) is 0 Å². The average Bonchev–Trinajstić information content (AvgIpc) is 2.68. The van der Waals surface area contributed by atoms with Gasteiger partial charge in [-0.15, -0.1) is 0 Å². The Morgan fingerprint density at radius 3 is 2.44 bits per heavy atom. The van der Waals surface area contributed by atoms with Crippen LogP contribution in [0.25, 0.3) is 0 Å². The summed E-state index contributed by atoms with van der Waals surface area (Å²) in [4.78, 5) is 12.8. The summed E-state index contributed by atoms with van der Waals surface area (Å²) in [6.07, 6.45) is 1.49. The molecule has 0 saturated carbocycles. The van der Waals surface area contributed by atoms with Crippen molar-refractivity contribution in [1.82, 2.24) is 9.97 Å². The predicted molar refractivity (Wildman–Crippen MR) is 103 cm³/mol. The Hall–Kier alpha value is -2.59. The molecule has 2 aromatic rings. The van der Waals surface area contributed by atoms with E-state index in [1.807, 2.05) is 4.90 Å². The summed E-state index contributed by atoms with van der Waals surface area (Å²) in [6.45, 7) is 2.63. The number of rotatable bonds is 6. The first kappa shape index (κ1) is 19.2. The van der Waals surface area contributed by atoms with Gasteiger partial charge in [-0.2, -0.15) is 4.98 Å². The zero-order valence-electron chi connectivity index (χ0n) is 15.5. The minimum absolute atomic E-state index is 0.130. The zero-order chi connectivity index (χ0) is 19.4. The van der Waals surface area contributed by atoms with Crippen molar-refractivity contribution >= 4 is 27.5 Å². The lowest BCUT2D eigenvalue weighted by Crippen LogP contribution is -2.37. The van der Waals surface area contributed by atoms with E-state index in [9.17, 15) is 8.42 Å². The number of ether oxygens (including phenoxy) is 2. The molecule has 0 atom stereocenters. The largest absolute Gasteiger partial charge is 0.497 e. The lowest BCUT2D eigenvalue weighted by molar-refractivity contribution is 0.122. The van der Waals surface area contributed by atoms with Crippen LogP contribution in [-0.4, -0.2) is 65.9 Å². The van der Waals surface area contributed by atoms with E-state index >= 15 is 0 Å². The van der Waals surface area contributed by atoms with E-state index in [1.54, 1.807) is 31.1 Å². The Morgan fingerprint density at radius 1 is 1.19 bits per heavy atom. The van der Waals surface area contributed by atoms with Crippen molar-refractivity contribution in [2.75, 3.05) is 62.0 Å². The molecule has 0 amide bonds. The fourth-order valence-corrected chi connectivity index (χ4v) is 3.70. The second kappa shape index (κ2) is 7.97. The molecule has 1 fully saturated rings. The third-order valence-corrected chi connectivity index (χ3v) is 5.47. The number of morpholine rings is 1. The molecule has 0 spiro atoms. The third kappa shape index (κ3) is 4.40. The van der Waals surface area contributed by atoms with Crippen LogP contribution in [0.5, 0.6) is 5.75 Å². The van der Waals surface area contributed by atoms with Crippen molar-refractivity contribution in [3.63, 3.8) is 0 Å². The smallest absolute Gasteiger partial charge is 0.262 e. The van der Waals surface area contributed by atoms with Crippen LogP contribution in [-0.2, 0) is 14.8 Å². The number of methoxy groups -OCH3 is 1. The molecule has 0 radical (unpaired) electrons. The highest BCUT2D eigenvalue weighted by atomic mass is 32.2. The number of hydrogen-bond acceptors (Lipinski definition) is 8. The SMILES string of the molecule is COc1ccc(S(=O)(=O)Nc2cnc(N3CCOCC3)nc2N(C)C)cc1. The van der Waals surface area contributed by atoms with Crippen LogP contribution in [0.1, 0.15) is 0 Å². The molecule has 1 N–H and O–H groups in total. The van der Waals surface area contributed by atoms with Gasteiger partial charge in [-0.05, 0) is 24.3 Å². The lowest BCUT2D eigenvalue weighted by atomic mass is 10.3. The highest BCUT2D eigenvalue weighted by molar-refractivity contribution is 7.92.